The maximum Gasteiger partial charge on any atom is 0.418 e. The summed E-state index contributed by atoms with van der Waals surface area (Å²) in [5, 5.41) is 5.39. The number of rotatable bonds is 6. The molecular weight excluding hydrogens is 436 g/mol. The number of carbonyl (C=O) groups is 1. The molecule has 2 N–H and O–H groups in total. The van der Waals surface area contributed by atoms with Crippen molar-refractivity contribution >= 4 is 28.5 Å². The molecule has 2 heterocycles. The molecule has 0 radical (unpaired) electrons. The van der Waals surface area contributed by atoms with Gasteiger partial charge < -0.3 is 15.5 Å². The van der Waals surface area contributed by atoms with Crippen molar-refractivity contribution < 1.29 is 22.4 Å². The third-order valence-corrected chi connectivity index (χ3v) is 5.99. The Morgan fingerprint density at radius 2 is 1.85 bits per heavy atom. The molecule has 2 aliphatic heterocycles. The maximum atomic E-state index is 13.9. The SMILES string of the molecule is CCCCN1CCN(c2ccc(N/C=C3/C(=O)Nc4ccc(F)cc43)cc2C(F)(F)F)CC1. The molecule has 5 nitrogen and oxygen atoms in total. The third kappa shape index (κ3) is 5.13. The van der Waals surface area contributed by atoms with Crippen LogP contribution in [0.2, 0.25) is 0 Å². The average molecular weight is 462 g/mol. The van der Waals surface area contributed by atoms with Gasteiger partial charge in [0.1, 0.15) is 5.82 Å². The number of nitrogens with one attached hydrogen (secondary N) is 2. The molecule has 1 amide bonds. The van der Waals surface area contributed by atoms with Crippen molar-refractivity contribution in [2.75, 3.05) is 48.3 Å². The molecule has 2 aromatic rings. The summed E-state index contributed by atoms with van der Waals surface area (Å²) in [4.78, 5) is 16.3. The van der Waals surface area contributed by atoms with Crippen LogP contribution in [0.3, 0.4) is 0 Å². The molecule has 0 bridgehead atoms. The van der Waals surface area contributed by atoms with Gasteiger partial charge in [-0.3, -0.25) is 9.69 Å². The van der Waals surface area contributed by atoms with Crippen LogP contribution in [0.5, 0.6) is 0 Å². The largest absolute Gasteiger partial charge is 0.418 e. The lowest BCUT2D eigenvalue weighted by Gasteiger charge is -2.37. The van der Waals surface area contributed by atoms with Crippen molar-refractivity contribution in [3.63, 3.8) is 0 Å². The summed E-state index contributed by atoms with van der Waals surface area (Å²) >= 11 is 0. The van der Waals surface area contributed by atoms with Gasteiger partial charge in [-0.2, -0.15) is 13.2 Å². The fraction of sp³-hybridized carbons (Fsp3) is 0.375. The third-order valence-electron chi connectivity index (χ3n) is 5.99. The summed E-state index contributed by atoms with van der Waals surface area (Å²) in [7, 11) is 0. The summed E-state index contributed by atoms with van der Waals surface area (Å²) in [6.45, 7) is 5.61. The Morgan fingerprint density at radius 3 is 2.55 bits per heavy atom. The van der Waals surface area contributed by atoms with Crippen molar-refractivity contribution in [3.05, 3.63) is 59.5 Å². The van der Waals surface area contributed by atoms with Crippen LogP contribution >= 0.6 is 0 Å². The Labute approximate surface area is 190 Å². The van der Waals surface area contributed by atoms with Crippen molar-refractivity contribution in [2.24, 2.45) is 0 Å². The van der Waals surface area contributed by atoms with Gasteiger partial charge in [0.25, 0.3) is 5.91 Å². The van der Waals surface area contributed by atoms with Gasteiger partial charge in [-0.05, 0) is 49.4 Å². The summed E-state index contributed by atoms with van der Waals surface area (Å²) in [5.41, 5.74) is 0.597. The zero-order valence-corrected chi connectivity index (χ0v) is 18.3. The van der Waals surface area contributed by atoms with Gasteiger partial charge >= 0.3 is 6.18 Å². The molecule has 2 aromatic carbocycles. The Morgan fingerprint density at radius 1 is 1.09 bits per heavy atom. The second-order valence-electron chi connectivity index (χ2n) is 8.26. The number of anilines is 3. The lowest BCUT2D eigenvalue weighted by molar-refractivity contribution is -0.137. The van der Waals surface area contributed by atoms with E-state index in [1.165, 1.54) is 30.5 Å². The lowest BCUT2D eigenvalue weighted by atomic mass is 10.1. The normalized spacial score (nSPS) is 17.9. The predicted molar refractivity (Wildman–Crippen MR) is 122 cm³/mol. The Bertz CT molecular complexity index is 1060. The van der Waals surface area contributed by atoms with Crippen LogP contribution in [0.4, 0.5) is 34.6 Å². The molecule has 176 valence electrons. The van der Waals surface area contributed by atoms with Crippen molar-refractivity contribution in [1.29, 1.82) is 0 Å². The highest BCUT2D eigenvalue weighted by Gasteiger charge is 2.36. The van der Waals surface area contributed by atoms with E-state index in [1.54, 1.807) is 11.0 Å². The van der Waals surface area contributed by atoms with Crippen LogP contribution in [-0.2, 0) is 11.0 Å². The number of nitrogens with zero attached hydrogens (tertiary/aromatic N) is 2. The summed E-state index contributed by atoms with van der Waals surface area (Å²) in [6, 6.07) is 7.97. The smallest absolute Gasteiger partial charge is 0.368 e. The van der Waals surface area contributed by atoms with E-state index in [2.05, 4.69) is 22.5 Å². The molecule has 0 saturated carbocycles. The van der Waals surface area contributed by atoms with Crippen LogP contribution in [-0.4, -0.2) is 43.5 Å². The van der Waals surface area contributed by atoms with Gasteiger partial charge in [0.15, 0.2) is 0 Å². The first-order valence-electron chi connectivity index (χ1n) is 11.0. The second-order valence-corrected chi connectivity index (χ2v) is 8.26. The fourth-order valence-corrected chi connectivity index (χ4v) is 4.18. The van der Waals surface area contributed by atoms with Gasteiger partial charge in [-0.1, -0.05) is 13.3 Å². The van der Waals surface area contributed by atoms with Crippen LogP contribution in [0, 0.1) is 5.82 Å². The number of alkyl halides is 3. The number of amides is 1. The first kappa shape index (κ1) is 23.1. The Hall–Kier alpha value is -3.07. The molecular formula is C24H26F4N4O. The van der Waals surface area contributed by atoms with E-state index in [4.69, 9.17) is 0 Å². The van der Waals surface area contributed by atoms with Crippen LogP contribution in [0.15, 0.2) is 42.6 Å². The number of hydrogen-bond acceptors (Lipinski definition) is 4. The lowest BCUT2D eigenvalue weighted by Crippen LogP contribution is -2.47. The predicted octanol–water partition coefficient (Wildman–Crippen LogP) is 5.17. The number of benzene rings is 2. The van der Waals surface area contributed by atoms with Crippen LogP contribution in [0.1, 0.15) is 30.9 Å². The van der Waals surface area contributed by atoms with E-state index < -0.39 is 23.5 Å². The molecule has 1 saturated heterocycles. The minimum Gasteiger partial charge on any atom is -0.368 e. The molecule has 4 rings (SSSR count). The van der Waals surface area contributed by atoms with E-state index in [1.807, 2.05) is 0 Å². The van der Waals surface area contributed by atoms with Crippen molar-refractivity contribution in [3.8, 4) is 0 Å². The van der Waals surface area contributed by atoms with Gasteiger partial charge in [-0.25, -0.2) is 4.39 Å². The first-order valence-corrected chi connectivity index (χ1v) is 11.0. The molecule has 1 fully saturated rings. The molecule has 9 heteroatoms. The summed E-state index contributed by atoms with van der Waals surface area (Å²) < 4.78 is 55.3. The van der Waals surface area contributed by atoms with Crippen LogP contribution < -0.4 is 15.5 Å². The van der Waals surface area contributed by atoms with Crippen molar-refractivity contribution in [1.82, 2.24) is 4.90 Å². The molecule has 0 unspecified atom stereocenters. The monoisotopic (exact) mass is 462 g/mol. The molecule has 33 heavy (non-hydrogen) atoms. The van der Waals surface area contributed by atoms with E-state index in [-0.39, 0.29) is 16.9 Å². The summed E-state index contributed by atoms with van der Waals surface area (Å²) in [6.07, 6.45) is -1.05. The van der Waals surface area contributed by atoms with Crippen molar-refractivity contribution in [2.45, 2.75) is 25.9 Å². The van der Waals surface area contributed by atoms with E-state index in [9.17, 15) is 22.4 Å². The highest BCUT2D eigenvalue weighted by molar-refractivity contribution is 6.31. The fourth-order valence-electron chi connectivity index (χ4n) is 4.18. The van der Waals surface area contributed by atoms with Gasteiger partial charge in [0.05, 0.1) is 11.1 Å². The molecule has 2 aliphatic rings. The number of hydrogen-bond donors (Lipinski definition) is 2. The minimum atomic E-state index is -4.53. The standard InChI is InChI=1S/C24H26F4N4O/c1-2-3-8-31-9-11-32(12-10-31)22-7-5-17(14-20(22)24(26,27)28)29-15-19-18-13-16(25)4-6-21(18)30-23(19)33/h4-7,13-15,29H,2-3,8-12H2,1H3,(H,30,33)/b19-15+. The van der Waals surface area contributed by atoms with E-state index in [0.29, 0.717) is 24.3 Å². The summed E-state index contributed by atoms with van der Waals surface area (Å²) in [5.74, 6) is -0.952. The molecule has 0 aliphatic carbocycles. The van der Waals surface area contributed by atoms with Gasteiger partial charge in [0, 0.05) is 55.0 Å². The quantitative estimate of drug-likeness (QED) is 0.459. The molecule has 0 spiro atoms. The minimum absolute atomic E-state index is 0.155. The maximum absolute atomic E-state index is 13.9. The highest BCUT2D eigenvalue weighted by atomic mass is 19.4. The van der Waals surface area contributed by atoms with E-state index in [0.717, 1.165) is 38.5 Å². The Kier molecular flexibility index (Phi) is 6.60. The number of unbranched alkanes of at least 4 members (excludes halogenated alkanes) is 1. The molecule has 0 atom stereocenters. The highest BCUT2D eigenvalue weighted by Crippen LogP contribution is 2.39. The number of halogens is 4. The first-order chi connectivity index (χ1) is 15.8. The van der Waals surface area contributed by atoms with Gasteiger partial charge in [-0.15, -0.1) is 0 Å². The zero-order chi connectivity index (χ0) is 23.6. The zero-order valence-electron chi connectivity index (χ0n) is 18.3. The average Bonchev–Trinajstić information content (AvgIpc) is 3.10. The number of piperazine rings is 1. The topological polar surface area (TPSA) is 47.6 Å². The van der Waals surface area contributed by atoms with E-state index >= 15 is 0 Å². The number of carbonyl (C=O) groups excluding carboxylic acids is 1. The van der Waals surface area contributed by atoms with Crippen LogP contribution in [0.25, 0.3) is 5.57 Å². The Balaban J connectivity index is 1.54. The number of fused-ring (bicyclic) bond motifs is 1. The van der Waals surface area contributed by atoms with Gasteiger partial charge in [0.2, 0.25) is 0 Å². The molecule has 0 aromatic heterocycles. The second kappa shape index (κ2) is 9.43.